The number of aryl methyl sites for hydroxylation is 2. The third kappa shape index (κ3) is 7.29. The van der Waals surface area contributed by atoms with E-state index in [2.05, 4.69) is 45.5 Å². The van der Waals surface area contributed by atoms with Gasteiger partial charge in [-0.15, -0.1) is 24.0 Å². The van der Waals surface area contributed by atoms with Crippen LogP contribution in [0.2, 0.25) is 0 Å². The zero-order valence-electron chi connectivity index (χ0n) is 17.6. The van der Waals surface area contributed by atoms with Gasteiger partial charge in [0.1, 0.15) is 5.75 Å². The summed E-state index contributed by atoms with van der Waals surface area (Å²) < 4.78 is 5.91. The van der Waals surface area contributed by atoms with E-state index in [1.54, 1.807) is 13.2 Å². The second kappa shape index (κ2) is 12.1. The monoisotopic (exact) mass is 517 g/mol. The topological polar surface area (TPSA) is 71.4 Å². The number of aliphatic imine (C=N–C) groups is 1. The summed E-state index contributed by atoms with van der Waals surface area (Å²) in [6, 6.07) is 15.9. The Balaban J connectivity index is 0.00000320. The Morgan fingerprint density at radius 2 is 1.83 bits per heavy atom. The first-order valence-electron chi connectivity index (χ1n) is 9.68. The van der Waals surface area contributed by atoms with Gasteiger partial charge < -0.3 is 15.4 Å². The Hall–Kier alpha value is -2.68. The van der Waals surface area contributed by atoms with Crippen LogP contribution >= 0.6 is 24.0 Å². The number of nitrogens with one attached hydrogen (secondary N) is 2. The zero-order valence-corrected chi connectivity index (χ0v) is 19.9. The number of ether oxygens (including phenoxy) is 1. The van der Waals surface area contributed by atoms with Crippen LogP contribution in [0.5, 0.6) is 11.6 Å². The molecule has 0 aliphatic carbocycles. The Morgan fingerprint density at radius 3 is 2.57 bits per heavy atom. The lowest BCUT2D eigenvalue weighted by Gasteiger charge is -2.12. The van der Waals surface area contributed by atoms with Gasteiger partial charge in [0.2, 0.25) is 5.88 Å². The number of halogens is 1. The molecule has 0 bridgehead atoms. The maximum atomic E-state index is 5.91. The fourth-order valence-corrected chi connectivity index (χ4v) is 2.78. The second-order valence-electron chi connectivity index (χ2n) is 6.77. The van der Waals surface area contributed by atoms with Crippen LogP contribution in [0.15, 0.2) is 65.9 Å². The molecule has 0 spiro atoms. The molecule has 3 aromatic rings. The summed E-state index contributed by atoms with van der Waals surface area (Å²) in [6.07, 6.45) is 4.40. The van der Waals surface area contributed by atoms with Crippen molar-refractivity contribution in [1.82, 2.24) is 20.6 Å². The van der Waals surface area contributed by atoms with Crippen LogP contribution in [0.3, 0.4) is 0 Å². The van der Waals surface area contributed by atoms with Gasteiger partial charge in [-0.3, -0.25) is 9.98 Å². The minimum absolute atomic E-state index is 0. The molecule has 3 rings (SSSR count). The highest BCUT2D eigenvalue weighted by Gasteiger charge is 2.04. The Kier molecular flexibility index (Phi) is 9.53. The Bertz CT molecular complexity index is 963. The van der Waals surface area contributed by atoms with E-state index >= 15 is 0 Å². The van der Waals surface area contributed by atoms with Crippen LogP contribution in [-0.2, 0) is 13.0 Å². The first-order chi connectivity index (χ1) is 14.1. The highest BCUT2D eigenvalue weighted by Crippen LogP contribution is 2.22. The smallest absolute Gasteiger partial charge is 0.219 e. The number of pyridine rings is 2. The third-order valence-electron chi connectivity index (χ3n) is 4.58. The zero-order chi connectivity index (χ0) is 20.5. The molecule has 1 aromatic carbocycles. The van der Waals surface area contributed by atoms with Gasteiger partial charge in [-0.1, -0.05) is 12.1 Å². The van der Waals surface area contributed by atoms with Gasteiger partial charge in [0, 0.05) is 50.7 Å². The van der Waals surface area contributed by atoms with E-state index < -0.39 is 0 Å². The normalized spacial score (nSPS) is 10.8. The molecule has 2 N–H and O–H groups in total. The quantitative estimate of drug-likeness (QED) is 0.276. The molecule has 0 atom stereocenters. The number of rotatable bonds is 7. The highest BCUT2D eigenvalue weighted by molar-refractivity contribution is 14.0. The molecular weight excluding hydrogens is 489 g/mol. The molecule has 6 nitrogen and oxygen atoms in total. The van der Waals surface area contributed by atoms with E-state index in [0.717, 1.165) is 35.9 Å². The summed E-state index contributed by atoms with van der Waals surface area (Å²) in [4.78, 5) is 12.9. The average Bonchev–Trinajstić information content (AvgIpc) is 2.74. The molecule has 0 aliphatic heterocycles. The summed E-state index contributed by atoms with van der Waals surface area (Å²) in [5.41, 5.74) is 4.55. The number of hydrogen-bond acceptors (Lipinski definition) is 4. The summed E-state index contributed by atoms with van der Waals surface area (Å²) >= 11 is 0. The highest BCUT2D eigenvalue weighted by atomic mass is 127. The molecule has 0 aliphatic rings. The molecule has 0 amide bonds. The number of benzene rings is 1. The van der Waals surface area contributed by atoms with E-state index in [-0.39, 0.29) is 24.0 Å². The van der Waals surface area contributed by atoms with Gasteiger partial charge in [-0.2, -0.15) is 0 Å². The maximum absolute atomic E-state index is 5.91. The summed E-state index contributed by atoms with van der Waals surface area (Å²) in [5, 5.41) is 6.62. The first kappa shape index (κ1) is 23.6. The van der Waals surface area contributed by atoms with Gasteiger partial charge >= 0.3 is 0 Å². The second-order valence-corrected chi connectivity index (χ2v) is 6.77. The lowest BCUT2D eigenvalue weighted by molar-refractivity contribution is 0.461. The van der Waals surface area contributed by atoms with Gasteiger partial charge in [-0.05, 0) is 60.9 Å². The van der Waals surface area contributed by atoms with Gasteiger partial charge in [-0.25, -0.2) is 4.98 Å². The number of aromatic nitrogens is 2. The number of nitrogens with zero attached hydrogens (tertiary/aromatic N) is 3. The van der Waals surface area contributed by atoms with E-state index in [4.69, 9.17) is 4.74 Å². The number of hydrogen-bond donors (Lipinski definition) is 2. The van der Waals surface area contributed by atoms with Crippen molar-refractivity contribution in [2.75, 3.05) is 13.6 Å². The molecule has 0 fully saturated rings. The standard InChI is InChI=1S/C23H27N5O.HI/c1-17-7-8-21(14-18(17)2)29-22-15-19(9-12-26-22)16-28-23(24-3)27-13-10-20-6-4-5-11-25-20;/h4-9,11-12,14-15H,10,13,16H2,1-3H3,(H2,24,27,28);1H. The van der Waals surface area contributed by atoms with E-state index in [1.165, 1.54) is 11.1 Å². The van der Waals surface area contributed by atoms with Crippen molar-refractivity contribution in [2.45, 2.75) is 26.8 Å². The first-order valence-corrected chi connectivity index (χ1v) is 9.68. The van der Waals surface area contributed by atoms with E-state index in [9.17, 15) is 0 Å². The predicted octanol–water partition coefficient (Wildman–Crippen LogP) is 4.41. The predicted molar refractivity (Wildman–Crippen MR) is 132 cm³/mol. The third-order valence-corrected chi connectivity index (χ3v) is 4.58. The van der Waals surface area contributed by atoms with Crippen LogP contribution in [0, 0.1) is 13.8 Å². The largest absolute Gasteiger partial charge is 0.439 e. The van der Waals surface area contributed by atoms with Crippen molar-refractivity contribution in [2.24, 2.45) is 4.99 Å². The summed E-state index contributed by atoms with van der Waals surface area (Å²) in [6.45, 7) is 5.53. The molecule has 2 heterocycles. The van der Waals surface area contributed by atoms with Crippen LogP contribution in [0.1, 0.15) is 22.4 Å². The molecule has 2 aromatic heterocycles. The minimum Gasteiger partial charge on any atom is -0.439 e. The summed E-state index contributed by atoms with van der Waals surface area (Å²) in [5.74, 6) is 2.11. The van der Waals surface area contributed by atoms with Crippen molar-refractivity contribution < 1.29 is 4.74 Å². The van der Waals surface area contributed by atoms with Crippen LogP contribution in [-0.4, -0.2) is 29.5 Å². The molecule has 7 heteroatoms. The SMILES string of the molecule is CN=C(NCCc1ccccn1)NCc1ccnc(Oc2ccc(C)c(C)c2)c1.I. The van der Waals surface area contributed by atoms with Crippen LogP contribution in [0.25, 0.3) is 0 Å². The van der Waals surface area contributed by atoms with Crippen LogP contribution < -0.4 is 15.4 Å². The Morgan fingerprint density at radius 1 is 0.967 bits per heavy atom. The van der Waals surface area contributed by atoms with Gasteiger partial charge in [0.25, 0.3) is 0 Å². The molecular formula is C23H28IN5O. The van der Waals surface area contributed by atoms with Crippen molar-refractivity contribution in [3.05, 3.63) is 83.3 Å². The lowest BCUT2D eigenvalue weighted by Crippen LogP contribution is -2.37. The van der Waals surface area contributed by atoms with Crippen molar-refractivity contribution in [1.29, 1.82) is 0 Å². The fourth-order valence-electron chi connectivity index (χ4n) is 2.78. The fraction of sp³-hybridized carbons (Fsp3) is 0.261. The average molecular weight is 517 g/mol. The molecule has 158 valence electrons. The van der Waals surface area contributed by atoms with E-state index in [1.807, 2.05) is 48.7 Å². The molecule has 0 unspecified atom stereocenters. The minimum atomic E-state index is 0. The van der Waals surface area contributed by atoms with Gasteiger partial charge in [0.15, 0.2) is 5.96 Å². The van der Waals surface area contributed by atoms with E-state index in [0.29, 0.717) is 12.4 Å². The van der Waals surface area contributed by atoms with Crippen molar-refractivity contribution in [3.8, 4) is 11.6 Å². The number of guanidine groups is 1. The summed E-state index contributed by atoms with van der Waals surface area (Å²) in [7, 11) is 1.76. The van der Waals surface area contributed by atoms with Crippen LogP contribution in [0.4, 0.5) is 0 Å². The lowest BCUT2D eigenvalue weighted by atomic mass is 10.1. The maximum Gasteiger partial charge on any atom is 0.219 e. The molecule has 30 heavy (non-hydrogen) atoms. The van der Waals surface area contributed by atoms with Gasteiger partial charge in [0.05, 0.1) is 0 Å². The molecule has 0 saturated carbocycles. The van der Waals surface area contributed by atoms with Crippen molar-refractivity contribution >= 4 is 29.9 Å². The molecule has 0 radical (unpaired) electrons. The van der Waals surface area contributed by atoms with Crippen molar-refractivity contribution in [3.63, 3.8) is 0 Å². The molecule has 0 saturated heterocycles. The Labute approximate surface area is 195 Å².